The SMILES string of the molecule is CCN1CCN(CCCNC(=O)C(C)n2c(=O)c(C(F)(F)F)nc3ccccc32)CC1. The van der Waals surface area contributed by atoms with Gasteiger partial charge < -0.3 is 15.1 Å². The molecule has 1 aliphatic heterocycles. The summed E-state index contributed by atoms with van der Waals surface area (Å²) in [4.78, 5) is 33.4. The highest BCUT2D eigenvalue weighted by Gasteiger charge is 2.38. The number of likely N-dealkylation sites (N-methyl/N-ethyl adjacent to an activating group) is 1. The Morgan fingerprint density at radius 2 is 1.81 bits per heavy atom. The van der Waals surface area contributed by atoms with Crippen LogP contribution in [0.2, 0.25) is 0 Å². The smallest absolute Gasteiger partial charge is 0.354 e. The van der Waals surface area contributed by atoms with Gasteiger partial charge in [0.1, 0.15) is 6.04 Å². The van der Waals surface area contributed by atoms with Crippen LogP contribution in [0, 0.1) is 0 Å². The third kappa shape index (κ3) is 5.43. The van der Waals surface area contributed by atoms with Crippen molar-refractivity contribution in [3.05, 3.63) is 40.3 Å². The van der Waals surface area contributed by atoms with Crippen molar-refractivity contribution in [1.82, 2.24) is 24.7 Å². The van der Waals surface area contributed by atoms with Crippen LogP contribution >= 0.6 is 0 Å². The number of para-hydroxylation sites is 2. The summed E-state index contributed by atoms with van der Waals surface area (Å²) < 4.78 is 40.8. The molecule has 1 aromatic carbocycles. The molecule has 10 heteroatoms. The predicted octanol–water partition coefficient (Wildman–Crippen LogP) is 2.12. The molecular formula is C21H28F3N5O2. The van der Waals surface area contributed by atoms with Crippen molar-refractivity contribution < 1.29 is 18.0 Å². The lowest BCUT2D eigenvalue weighted by molar-refractivity contribution is -0.142. The number of amides is 1. The first kappa shape index (κ1) is 23.2. The zero-order valence-corrected chi connectivity index (χ0v) is 17.8. The van der Waals surface area contributed by atoms with Crippen LogP contribution in [0.15, 0.2) is 29.1 Å². The highest BCUT2D eigenvalue weighted by molar-refractivity contribution is 5.83. The highest BCUT2D eigenvalue weighted by Crippen LogP contribution is 2.27. The number of halogens is 3. The van der Waals surface area contributed by atoms with Gasteiger partial charge in [0.05, 0.1) is 11.0 Å². The summed E-state index contributed by atoms with van der Waals surface area (Å²) in [6, 6.07) is 4.91. The molecule has 1 atom stereocenters. The average molecular weight is 439 g/mol. The van der Waals surface area contributed by atoms with E-state index < -0.39 is 29.4 Å². The van der Waals surface area contributed by atoms with E-state index in [0.717, 1.165) is 50.3 Å². The number of fused-ring (bicyclic) bond motifs is 1. The lowest BCUT2D eigenvalue weighted by Gasteiger charge is -2.34. The number of alkyl halides is 3. The van der Waals surface area contributed by atoms with E-state index in [-0.39, 0.29) is 11.0 Å². The van der Waals surface area contributed by atoms with Crippen molar-refractivity contribution in [2.24, 2.45) is 0 Å². The van der Waals surface area contributed by atoms with E-state index >= 15 is 0 Å². The summed E-state index contributed by atoms with van der Waals surface area (Å²) in [5.41, 5.74) is -2.63. The van der Waals surface area contributed by atoms with Gasteiger partial charge in [-0.2, -0.15) is 13.2 Å². The quantitative estimate of drug-likeness (QED) is 0.670. The molecule has 1 unspecified atom stereocenters. The number of hydrogen-bond acceptors (Lipinski definition) is 5. The summed E-state index contributed by atoms with van der Waals surface area (Å²) in [5, 5.41) is 2.75. The zero-order chi connectivity index (χ0) is 22.6. The largest absolute Gasteiger partial charge is 0.438 e. The van der Waals surface area contributed by atoms with Gasteiger partial charge in [0.25, 0.3) is 5.56 Å². The van der Waals surface area contributed by atoms with Gasteiger partial charge in [0.2, 0.25) is 11.6 Å². The number of hydrogen-bond donors (Lipinski definition) is 1. The first-order chi connectivity index (χ1) is 14.7. The number of benzene rings is 1. The van der Waals surface area contributed by atoms with Crippen molar-refractivity contribution in [2.75, 3.05) is 45.8 Å². The van der Waals surface area contributed by atoms with Crippen molar-refractivity contribution in [3.8, 4) is 0 Å². The standard InChI is InChI=1S/C21H28F3N5O2/c1-3-27-11-13-28(14-12-27)10-6-9-25-19(30)15(2)29-17-8-5-4-7-16(17)26-18(20(29)31)21(22,23)24/h4-5,7-8,15H,3,6,9-14H2,1-2H3,(H,25,30). The van der Waals surface area contributed by atoms with E-state index in [9.17, 15) is 22.8 Å². The molecule has 0 aliphatic carbocycles. The Bertz CT molecular complexity index is 968. The maximum absolute atomic E-state index is 13.3. The van der Waals surface area contributed by atoms with Gasteiger partial charge in [-0.05, 0) is 38.6 Å². The first-order valence-electron chi connectivity index (χ1n) is 10.5. The van der Waals surface area contributed by atoms with E-state index in [1.54, 1.807) is 6.07 Å². The number of carbonyl (C=O) groups is 1. The molecule has 1 fully saturated rings. The molecule has 170 valence electrons. The fraction of sp³-hybridized carbons (Fsp3) is 0.571. The predicted molar refractivity (Wildman–Crippen MR) is 112 cm³/mol. The van der Waals surface area contributed by atoms with Gasteiger partial charge >= 0.3 is 6.18 Å². The lowest BCUT2D eigenvalue weighted by Crippen LogP contribution is -2.46. The maximum Gasteiger partial charge on any atom is 0.438 e. The topological polar surface area (TPSA) is 70.5 Å². The highest BCUT2D eigenvalue weighted by atomic mass is 19.4. The molecule has 7 nitrogen and oxygen atoms in total. The Balaban J connectivity index is 1.67. The molecule has 1 N–H and O–H groups in total. The van der Waals surface area contributed by atoms with Gasteiger partial charge in [-0.15, -0.1) is 0 Å². The van der Waals surface area contributed by atoms with Crippen molar-refractivity contribution in [3.63, 3.8) is 0 Å². The number of carbonyl (C=O) groups excluding carboxylic acids is 1. The molecule has 1 aromatic heterocycles. The molecule has 1 aliphatic rings. The third-order valence-corrected chi connectivity index (χ3v) is 5.69. The van der Waals surface area contributed by atoms with Crippen molar-refractivity contribution >= 4 is 16.9 Å². The molecule has 2 heterocycles. The number of piperazine rings is 1. The van der Waals surface area contributed by atoms with E-state index in [2.05, 4.69) is 27.0 Å². The van der Waals surface area contributed by atoms with Crippen LogP contribution in [0.3, 0.4) is 0 Å². The Hall–Kier alpha value is -2.46. The molecule has 0 saturated carbocycles. The Labute approximate surface area is 178 Å². The second kappa shape index (κ2) is 9.78. The number of rotatable bonds is 7. The zero-order valence-electron chi connectivity index (χ0n) is 17.8. The Kier molecular flexibility index (Phi) is 7.32. The van der Waals surface area contributed by atoms with Gasteiger partial charge in [0.15, 0.2) is 0 Å². The van der Waals surface area contributed by atoms with E-state index in [1.807, 2.05) is 0 Å². The third-order valence-electron chi connectivity index (χ3n) is 5.69. The monoisotopic (exact) mass is 439 g/mol. The molecule has 0 radical (unpaired) electrons. The molecule has 2 aromatic rings. The van der Waals surface area contributed by atoms with E-state index in [4.69, 9.17) is 0 Å². The molecule has 0 spiro atoms. The molecule has 31 heavy (non-hydrogen) atoms. The normalized spacial score (nSPS) is 17.1. The molecule has 3 rings (SSSR count). The fourth-order valence-corrected chi connectivity index (χ4v) is 3.83. The Morgan fingerprint density at radius 1 is 1.16 bits per heavy atom. The van der Waals surface area contributed by atoms with Gasteiger partial charge in [0, 0.05) is 32.7 Å². The molecule has 1 amide bonds. The first-order valence-corrected chi connectivity index (χ1v) is 10.5. The van der Waals surface area contributed by atoms with E-state index in [0.29, 0.717) is 6.54 Å². The number of nitrogens with zero attached hydrogens (tertiary/aromatic N) is 4. The van der Waals surface area contributed by atoms with Gasteiger partial charge in [-0.1, -0.05) is 19.1 Å². The molecular weight excluding hydrogens is 411 g/mol. The summed E-state index contributed by atoms with van der Waals surface area (Å²) >= 11 is 0. The van der Waals surface area contributed by atoms with Crippen LogP contribution in [-0.4, -0.2) is 71.1 Å². The second-order valence-electron chi connectivity index (χ2n) is 7.72. The second-order valence-corrected chi connectivity index (χ2v) is 7.72. The van der Waals surface area contributed by atoms with Crippen molar-refractivity contribution in [2.45, 2.75) is 32.5 Å². The summed E-state index contributed by atoms with van der Waals surface area (Å²) in [6.45, 7) is 9.85. The van der Waals surface area contributed by atoms with Crippen LogP contribution in [0.5, 0.6) is 0 Å². The minimum Gasteiger partial charge on any atom is -0.354 e. The van der Waals surface area contributed by atoms with Crippen LogP contribution < -0.4 is 10.9 Å². The van der Waals surface area contributed by atoms with Gasteiger partial charge in [-0.25, -0.2) is 4.98 Å². The minimum atomic E-state index is -4.90. The molecule has 1 saturated heterocycles. The van der Waals surface area contributed by atoms with Crippen LogP contribution in [0.1, 0.15) is 32.0 Å². The lowest BCUT2D eigenvalue weighted by atomic mass is 10.2. The summed E-state index contributed by atoms with van der Waals surface area (Å²) in [7, 11) is 0. The van der Waals surface area contributed by atoms with E-state index in [1.165, 1.54) is 25.1 Å². The number of aromatic nitrogens is 2. The fourth-order valence-electron chi connectivity index (χ4n) is 3.83. The van der Waals surface area contributed by atoms with Crippen LogP contribution in [-0.2, 0) is 11.0 Å². The average Bonchev–Trinajstić information content (AvgIpc) is 2.75. The summed E-state index contributed by atoms with van der Waals surface area (Å²) in [5.74, 6) is -0.498. The number of nitrogens with one attached hydrogen (secondary N) is 1. The van der Waals surface area contributed by atoms with Crippen molar-refractivity contribution in [1.29, 1.82) is 0 Å². The van der Waals surface area contributed by atoms with Crippen LogP contribution in [0.4, 0.5) is 13.2 Å². The van der Waals surface area contributed by atoms with Gasteiger partial charge in [-0.3, -0.25) is 14.2 Å². The minimum absolute atomic E-state index is 0.0142. The molecule has 0 bridgehead atoms. The van der Waals surface area contributed by atoms with Crippen LogP contribution in [0.25, 0.3) is 11.0 Å². The Morgan fingerprint density at radius 3 is 2.45 bits per heavy atom. The maximum atomic E-state index is 13.3. The summed E-state index contributed by atoms with van der Waals surface area (Å²) in [6.07, 6.45) is -4.18.